The van der Waals surface area contributed by atoms with Crippen molar-refractivity contribution in [3.63, 3.8) is 0 Å². The first-order valence-electron chi connectivity index (χ1n) is 3.70. The molecule has 0 fully saturated rings. The fourth-order valence-corrected chi connectivity index (χ4v) is 0.786. The maximum Gasteiger partial charge on any atom is 0.394 e. The zero-order chi connectivity index (χ0) is 9.84. The van der Waals surface area contributed by atoms with Crippen molar-refractivity contribution >= 4 is 17.6 Å². The van der Waals surface area contributed by atoms with Crippen molar-refractivity contribution in [1.82, 2.24) is 9.78 Å². The lowest BCUT2D eigenvalue weighted by Crippen LogP contribution is -2.21. The van der Waals surface area contributed by atoms with E-state index in [1.165, 1.54) is 6.20 Å². The van der Waals surface area contributed by atoms with Gasteiger partial charge in [-0.2, -0.15) is 5.10 Å². The largest absolute Gasteiger partial charge is 0.474 e. The minimum absolute atomic E-state index is 0.384. The van der Waals surface area contributed by atoms with Crippen LogP contribution in [0.1, 0.15) is 6.92 Å². The second kappa shape index (κ2) is 3.70. The molecule has 1 aromatic heterocycles. The molecule has 1 rings (SSSR count). The highest BCUT2D eigenvalue weighted by molar-refractivity contribution is 6.36. The van der Waals surface area contributed by atoms with E-state index in [0.717, 1.165) is 0 Å². The molecular formula is C7H9N3O3. The number of amides is 1. The van der Waals surface area contributed by atoms with Crippen LogP contribution in [0.2, 0.25) is 0 Å². The van der Waals surface area contributed by atoms with E-state index in [4.69, 9.17) is 5.11 Å². The van der Waals surface area contributed by atoms with Crippen molar-refractivity contribution in [3.05, 3.63) is 12.4 Å². The lowest BCUT2D eigenvalue weighted by molar-refractivity contribution is -0.147. The van der Waals surface area contributed by atoms with Crippen molar-refractivity contribution in [2.24, 2.45) is 0 Å². The number of carbonyl (C=O) groups excluding carboxylic acids is 1. The van der Waals surface area contributed by atoms with Crippen LogP contribution in [0, 0.1) is 0 Å². The van der Waals surface area contributed by atoms with Crippen molar-refractivity contribution in [1.29, 1.82) is 0 Å². The van der Waals surface area contributed by atoms with E-state index >= 15 is 0 Å². The molecule has 0 spiro atoms. The fourth-order valence-electron chi connectivity index (χ4n) is 0.786. The van der Waals surface area contributed by atoms with Gasteiger partial charge in [0.15, 0.2) is 0 Å². The molecule has 1 aromatic rings. The van der Waals surface area contributed by atoms with Crippen LogP contribution in [-0.4, -0.2) is 26.8 Å². The lowest BCUT2D eigenvalue weighted by Gasteiger charge is -1.95. The highest BCUT2D eigenvalue weighted by Crippen LogP contribution is 2.03. The van der Waals surface area contributed by atoms with Gasteiger partial charge in [-0.15, -0.1) is 0 Å². The van der Waals surface area contributed by atoms with Crippen molar-refractivity contribution < 1.29 is 14.7 Å². The first-order valence-corrected chi connectivity index (χ1v) is 3.70. The molecular weight excluding hydrogens is 174 g/mol. The number of rotatable bonds is 2. The van der Waals surface area contributed by atoms with Crippen LogP contribution in [0.5, 0.6) is 0 Å². The molecule has 0 saturated heterocycles. The zero-order valence-electron chi connectivity index (χ0n) is 7.02. The lowest BCUT2D eigenvalue weighted by atomic mass is 10.5. The number of hydrogen-bond acceptors (Lipinski definition) is 3. The summed E-state index contributed by atoms with van der Waals surface area (Å²) in [5, 5.41) is 14.3. The molecule has 6 heteroatoms. The van der Waals surface area contributed by atoms with Crippen LogP contribution < -0.4 is 5.32 Å². The normalized spacial score (nSPS) is 9.62. The quantitative estimate of drug-likeness (QED) is 0.628. The summed E-state index contributed by atoms with van der Waals surface area (Å²) < 4.78 is 1.58. The SMILES string of the molecule is CCn1cc(NC(=O)C(=O)O)cn1. The summed E-state index contributed by atoms with van der Waals surface area (Å²) in [6.07, 6.45) is 2.95. The van der Waals surface area contributed by atoms with Crippen LogP contribution in [0.15, 0.2) is 12.4 Å². The number of nitrogens with zero attached hydrogens (tertiary/aromatic N) is 2. The Morgan fingerprint density at radius 2 is 2.38 bits per heavy atom. The second-order valence-corrected chi connectivity index (χ2v) is 2.34. The monoisotopic (exact) mass is 183 g/mol. The Morgan fingerprint density at radius 1 is 1.69 bits per heavy atom. The van der Waals surface area contributed by atoms with Gasteiger partial charge in [0.05, 0.1) is 11.9 Å². The van der Waals surface area contributed by atoms with Gasteiger partial charge in [0.1, 0.15) is 0 Å². The average Bonchev–Trinajstić information content (AvgIpc) is 2.52. The van der Waals surface area contributed by atoms with Gasteiger partial charge in [0, 0.05) is 12.7 Å². The van der Waals surface area contributed by atoms with Crippen LogP contribution in [-0.2, 0) is 16.1 Å². The Labute approximate surface area is 74.2 Å². The maximum atomic E-state index is 10.7. The van der Waals surface area contributed by atoms with E-state index in [-0.39, 0.29) is 0 Å². The van der Waals surface area contributed by atoms with E-state index in [9.17, 15) is 9.59 Å². The number of carboxylic acids is 1. The van der Waals surface area contributed by atoms with Gasteiger partial charge in [-0.3, -0.25) is 9.48 Å². The molecule has 0 aromatic carbocycles. The third-order valence-corrected chi connectivity index (χ3v) is 1.41. The molecule has 0 bridgehead atoms. The summed E-state index contributed by atoms with van der Waals surface area (Å²) in [4.78, 5) is 20.8. The molecule has 0 atom stereocenters. The summed E-state index contributed by atoms with van der Waals surface area (Å²) in [6, 6.07) is 0. The van der Waals surface area contributed by atoms with Crippen LogP contribution in [0.4, 0.5) is 5.69 Å². The van der Waals surface area contributed by atoms with E-state index in [2.05, 4.69) is 10.4 Å². The van der Waals surface area contributed by atoms with Gasteiger partial charge in [0.2, 0.25) is 0 Å². The average molecular weight is 183 g/mol. The molecule has 0 aliphatic heterocycles. The number of aliphatic carboxylic acids is 1. The molecule has 2 N–H and O–H groups in total. The highest BCUT2D eigenvalue weighted by Gasteiger charge is 2.11. The second-order valence-electron chi connectivity index (χ2n) is 2.34. The van der Waals surface area contributed by atoms with Crippen LogP contribution >= 0.6 is 0 Å². The number of nitrogens with one attached hydrogen (secondary N) is 1. The molecule has 0 unspecified atom stereocenters. The van der Waals surface area contributed by atoms with E-state index in [1.807, 2.05) is 6.92 Å². The Hall–Kier alpha value is -1.85. The molecule has 1 heterocycles. The summed E-state index contributed by atoms with van der Waals surface area (Å²) >= 11 is 0. The molecule has 0 radical (unpaired) electrons. The standard InChI is InChI=1S/C7H9N3O3/c1-2-10-4-5(3-8-10)9-6(11)7(12)13/h3-4H,2H2,1H3,(H,9,11)(H,12,13). The number of carbonyl (C=O) groups is 2. The Kier molecular flexibility index (Phi) is 2.63. The van der Waals surface area contributed by atoms with E-state index in [0.29, 0.717) is 12.2 Å². The Balaban J connectivity index is 2.64. The minimum atomic E-state index is -1.51. The molecule has 0 saturated carbocycles. The zero-order valence-corrected chi connectivity index (χ0v) is 7.02. The third kappa shape index (κ3) is 2.29. The predicted molar refractivity (Wildman–Crippen MR) is 44.2 cm³/mol. The number of hydrogen-bond donors (Lipinski definition) is 2. The van der Waals surface area contributed by atoms with Gasteiger partial charge in [0.25, 0.3) is 0 Å². The first-order chi connectivity index (χ1) is 6.13. The van der Waals surface area contributed by atoms with Crippen LogP contribution in [0.3, 0.4) is 0 Å². The molecule has 1 amide bonds. The highest BCUT2D eigenvalue weighted by atomic mass is 16.4. The predicted octanol–water partition coefficient (Wildman–Crippen LogP) is -0.0739. The number of anilines is 1. The minimum Gasteiger partial charge on any atom is -0.474 e. The van der Waals surface area contributed by atoms with E-state index in [1.54, 1.807) is 10.9 Å². The van der Waals surface area contributed by atoms with Gasteiger partial charge >= 0.3 is 11.9 Å². The van der Waals surface area contributed by atoms with Gasteiger partial charge in [-0.05, 0) is 6.92 Å². The number of carboxylic acid groups (broad SMARTS) is 1. The van der Waals surface area contributed by atoms with Crippen molar-refractivity contribution in [3.8, 4) is 0 Å². The van der Waals surface area contributed by atoms with E-state index < -0.39 is 11.9 Å². The van der Waals surface area contributed by atoms with Gasteiger partial charge in [-0.1, -0.05) is 0 Å². The number of aromatic nitrogens is 2. The van der Waals surface area contributed by atoms with Crippen molar-refractivity contribution in [2.45, 2.75) is 13.5 Å². The summed E-state index contributed by atoms with van der Waals surface area (Å²) in [5.74, 6) is -2.57. The van der Waals surface area contributed by atoms with Gasteiger partial charge < -0.3 is 10.4 Å². The summed E-state index contributed by atoms with van der Waals surface area (Å²) in [7, 11) is 0. The molecule has 0 aliphatic rings. The Morgan fingerprint density at radius 3 is 2.85 bits per heavy atom. The topological polar surface area (TPSA) is 84.2 Å². The summed E-state index contributed by atoms with van der Waals surface area (Å²) in [6.45, 7) is 2.55. The molecule has 6 nitrogen and oxygen atoms in total. The van der Waals surface area contributed by atoms with Crippen molar-refractivity contribution in [2.75, 3.05) is 5.32 Å². The fraction of sp³-hybridized carbons (Fsp3) is 0.286. The van der Waals surface area contributed by atoms with Gasteiger partial charge in [-0.25, -0.2) is 4.79 Å². The third-order valence-electron chi connectivity index (χ3n) is 1.41. The summed E-state index contributed by atoms with van der Waals surface area (Å²) in [5.41, 5.74) is 0.384. The smallest absolute Gasteiger partial charge is 0.394 e. The number of aryl methyl sites for hydroxylation is 1. The Bertz CT molecular complexity index is 331. The maximum absolute atomic E-state index is 10.7. The molecule has 0 aliphatic carbocycles. The van der Waals surface area contributed by atoms with Crippen LogP contribution in [0.25, 0.3) is 0 Å². The first kappa shape index (κ1) is 9.24. The molecule has 13 heavy (non-hydrogen) atoms. The molecule has 70 valence electrons.